The second-order valence-electron chi connectivity index (χ2n) is 1.75. The summed E-state index contributed by atoms with van der Waals surface area (Å²) in [7, 11) is 0. The largest absolute Gasteiger partial charge is 1.00 e. The van der Waals surface area contributed by atoms with Gasteiger partial charge in [-0.15, -0.1) is 12.1 Å². The molecule has 2 nitrogen and oxygen atoms in total. The molecule has 0 atom stereocenters. The summed E-state index contributed by atoms with van der Waals surface area (Å²) in [4.78, 5) is 20.2. The first kappa shape index (κ1) is 10.2. The average molecular weight is 139 g/mol. The number of carbonyl (C=O) groups excluding carboxylic acids is 2. The molecule has 0 bridgehead atoms. The van der Waals surface area contributed by atoms with Crippen molar-refractivity contribution in [3.8, 4) is 0 Å². The zero-order valence-corrected chi connectivity index (χ0v) is 6.13. The van der Waals surface area contributed by atoms with Crippen LogP contribution in [0.25, 0.3) is 0 Å². The fourth-order valence-electron chi connectivity index (χ4n) is 0.661. The van der Waals surface area contributed by atoms with Gasteiger partial charge in [-0.05, 0) is 12.6 Å². The summed E-state index contributed by atoms with van der Waals surface area (Å²) in [6, 6.07) is 6.38. The van der Waals surface area contributed by atoms with Crippen molar-refractivity contribution in [1.29, 1.82) is 0 Å². The predicted octanol–water partition coefficient (Wildman–Crippen LogP) is -2.39. The summed E-state index contributed by atoms with van der Waals surface area (Å²) >= 11 is 0. The molecule has 0 heterocycles. The minimum Gasteiger partial charge on any atom is -0.391 e. The van der Waals surface area contributed by atoms with Gasteiger partial charge >= 0.3 is 18.9 Å². The molecule has 1 rings (SSSR count). The van der Waals surface area contributed by atoms with E-state index < -0.39 is 0 Å². The number of hydrogen-bond acceptors (Lipinski definition) is 2. The first-order valence-corrected chi connectivity index (χ1v) is 2.74. The molecule has 0 N–H and O–H groups in total. The van der Waals surface area contributed by atoms with Gasteiger partial charge in [0.15, 0.2) is 0 Å². The molecule has 0 aromatic heterocycles. The smallest absolute Gasteiger partial charge is 0.391 e. The molecule has 0 aliphatic heterocycles. The number of benzene rings is 1. The van der Waals surface area contributed by atoms with Crippen LogP contribution in [0.4, 0.5) is 0 Å². The molecule has 3 heteroatoms. The van der Waals surface area contributed by atoms with Crippen molar-refractivity contribution in [1.82, 2.24) is 0 Å². The maximum atomic E-state index is 10.1. The van der Waals surface area contributed by atoms with Gasteiger partial charge in [0.1, 0.15) is 0 Å². The van der Waals surface area contributed by atoms with E-state index in [4.69, 9.17) is 0 Å². The monoisotopic (exact) mass is 139 g/mol. The van der Waals surface area contributed by atoms with E-state index in [1.807, 2.05) is 0 Å². The second-order valence-corrected chi connectivity index (χ2v) is 1.75. The molecule has 11 heavy (non-hydrogen) atoms. The van der Waals surface area contributed by atoms with E-state index in [0.717, 1.165) is 0 Å². The Labute approximate surface area is 76.8 Å². The van der Waals surface area contributed by atoms with Crippen LogP contribution in [0.5, 0.6) is 0 Å². The summed E-state index contributed by atoms with van der Waals surface area (Å²) in [5.41, 5.74) is 0.523. The van der Waals surface area contributed by atoms with Crippen molar-refractivity contribution in [2.24, 2.45) is 0 Å². The topological polar surface area (TPSA) is 34.1 Å². The number of rotatable bonds is 2. The SMILES string of the molecule is O=[C-]c1ccccc1[C-]=O.[Li+]. The minimum atomic E-state index is 0. The van der Waals surface area contributed by atoms with E-state index in [9.17, 15) is 9.59 Å². The predicted molar refractivity (Wildman–Crippen MR) is 36.0 cm³/mol. The maximum Gasteiger partial charge on any atom is 1.00 e. The molecular formula is C8H4LiO2-. The quantitative estimate of drug-likeness (QED) is 0.338. The van der Waals surface area contributed by atoms with Crippen LogP contribution in [-0.4, -0.2) is 12.6 Å². The Morgan fingerprint density at radius 1 is 0.909 bits per heavy atom. The third kappa shape index (κ3) is 2.34. The number of hydrogen-bond donors (Lipinski definition) is 0. The Morgan fingerprint density at radius 2 is 1.27 bits per heavy atom. The molecule has 0 aliphatic rings. The van der Waals surface area contributed by atoms with Crippen LogP contribution in [0.1, 0.15) is 11.1 Å². The van der Waals surface area contributed by atoms with Crippen molar-refractivity contribution in [2.75, 3.05) is 0 Å². The first-order valence-electron chi connectivity index (χ1n) is 2.74. The normalized spacial score (nSPS) is 8.00. The Bertz CT molecular complexity index is 231. The molecule has 1 aromatic rings. The van der Waals surface area contributed by atoms with Crippen LogP contribution in [-0.2, 0) is 9.59 Å². The van der Waals surface area contributed by atoms with Gasteiger partial charge in [0.05, 0.1) is 0 Å². The molecule has 0 saturated heterocycles. The van der Waals surface area contributed by atoms with Crippen LogP contribution in [0, 0.1) is 0 Å². The minimum absolute atomic E-state index is 0. The fourth-order valence-corrected chi connectivity index (χ4v) is 0.661. The molecule has 0 aliphatic carbocycles. The molecule has 0 saturated carbocycles. The summed E-state index contributed by atoms with van der Waals surface area (Å²) in [6.45, 7) is 0. The van der Waals surface area contributed by atoms with Gasteiger partial charge in [-0.2, -0.15) is 0 Å². The summed E-state index contributed by atoms with van der Waals surface area (Å²) in [5.74, 6) is 0. The van der Waals surface area contributed by atoms with Gasteiger partial charge < -0.3 is 9.59 Å². The van der Waals surface area contributed by atoms with E-state index >= 15 is 0 Å². The van der Waals surface area contributed by atoms with Crippen molar-refractivity contribution in [3.63, 3.8) is 0 Å². The van der Waals surface area contributed by atoms with Crippen LogP contribution in [0.15, 0.2) is 24.3 Å². The van der Waals surface area contributed by atoms with E-state index in [-0.39, 0.29) is 30.0 Å². The van der Waals surface area contributed by atoms with Crippen LogP contribution < -0.4 is 18.9 Å². The summed E-state index contributed by atoms with van der Waals surface area (Å²) < 4.78 is 0. The third-order valence-electron chi connectivity index (χ3n) is 1.15. The standard InChI is InChI=1S/C8H4O2.Li/c9-5-7-3-1-2-4-8(7)6-10;/h1-4H;/q-2;+1. The van der Waals surface area contributed by atoms with Gasteiger partial charge in [-0.25, -0.2) is 12.1 Å². The van der Waals surface area contributed by atoms with Gasteiger partial charge in [-0.1, -0.05) is 0 Å². The Hall–Kier alpha value is -0.843. The van der Waals surface area contributed by atoms with Crippen LogP contribution >= 0.6 is 0 Å². The van der Waals surface area contributed by atoms with Crippen molar-refractivity contribution in [2.45, 2.75) is 0 Å². The van der Waals surface area contributed by atoms with Gasteiger partial charge in [-0.3, -0.25) is 11.1 Å². The molecular weight excluding hydrogens is 135 g/mol. The summed E-state index contributed by atoms with van der Waals surface area (Å²) in [6.07, 6.45) is 3.27. The van der Waals surface area contributed by atoms with Crippen molar-refractivity contribution < 1.29 is 28.4 Å². The second kappa shape index (κ2) is 4.89. The van der Waals surface area contributed by atoms with E-state index in [1.54, 1.807) is 24.7 Å². The van der Waals surface area contributed by atoms with Gasteiger partial charge in [0.25, 0.3) is 0 Å². The summed E-state index contributed by atoms with van der Waals surface area (Å²) in [5, 5.41) is 0. The third-order valence-corrected chi connectivity index (χ3v) is 1.15. The zero-order valence-electron chi connectivity index (χ0n) is 6.13. The fraction of sp³-hybridized carbons (Fsp3) is 0. The first-order chi connectivity index (χ1) is 4.88. The molecule has 0 fully saturated rings. The Morgan fingerprint density at radius 3 is 1.55 bits per heavy atom. The van der Waals surface area contributed by atoms with Crippen molar-refractivity contribution in [3.05, 3.63) is 35.4 Å². The Kier molecular flexibility index (Phi) is 4.52. The van der Waals surface area contributed by atoms with E-state index in [1.165, 1.54) is 12.1 Å². The van der Waals surface area contributed by atoms with Crippen LogP contribution in [0.3, 0.4) is 0 Å². The van der Waals surface area contributed by atoms with E-state index in [0.29, 0.717) is 0 Å². The molecule has 0 amide bonds. The maximum absolute atomic E-state index is 10.1. The Balaban J connectivity index is 0.000001000. The molecule has 0 spiro atoms. The van der Waals surface area contributed by atoms with Crippen LogP contribution in [0.2, 0.25) is 0 Å². The molecule has 0 radical (unpaired) electrons. The van der Waals surface area contributed by atoms with Gasteiger partial charge in [0, 0.05) is 0 Å². The average Bonchev–Trinajstić information content (AvgIpc) is 2.04. The molecule has 0 unspecified atom stereocenters. The zero-order chi connectivity index (χ0) is 7.40. The van der Waals surface area contributed by atoms with Gasteiger partial charge in [0.2, 0.25) is 0 Å². The molecule has 50 valence electrons. The molecule has 1 aromatic carbocycles. The van der Waals surface area contributed by atoms with E-state index in [2.05, 4.69) is 0 Å². The van der Waals surface area contributed by atoms with Crippen molar-refractivity contribution >= 4 is 12.6 Å².